The van der Waals surface area contributed by atoms with Gasteiger partial charge in [0.2, 0.25) is 0 Å². The molecule has 78 valence electrons. The highest BCUT2D eigenvalue weighted by molar-refractivity contribution is 7.91. The molecule has 0 bridgehead atoms. The summed E-state index contributed by atoms with van der Waals surface area (Å²) in [4.78, 5) is 4.11. The van der Waals surface area contributed by atoms with E-state index in [2.05, 4.69) is 4.98 Å². The number of aromatic nitrogens is 1. The zero-order valence-corrected chi connectivity index (χ0v) is 9.27. The summed E-state index contributed by atoms with van der Waals surface area (Å²) in [7, 11) is -2.97. The van der Waals surface area contributed by atoms with Crippen LogP contribution in [0.25, 0.3) is 0 Å². The van der Waals surface area contributed by atoms with Crippen LogP contribution in [0.2, 0.25) is 0 Å². The summed E-state index contributed by atoms with van der Waals surface area (Å²) in [6.07, 6.45) is 3.01. The van der Waals surface area contributed by atoms with Gasteiger partial charge in [0.25, 0.3) is 0 Å². The maximum absolute atomic E-state index is 11.5. The first-order valence-electron chi connectivity index (χ1n) is 4.41. The quantitative estimate of drug-likeness (QED) is 0.765. The van der Waals surface area contributed by atoms with Gasteiger partial charge in [-0.05, 0) is 12.8 Å². The highest BCUT2D eigenvalue weighted by atomic mass is 32.2. The second-order valence-electron chi connectivity index (χ2n) is 3.69. The first-order chi connectivity index (χ1) is 6.52. The third-order valence-corrected chi connectivity index (χ3v) is 5.27. The molecule has 0 saturated carbocycles. The third kappa shape index (κ3) is 1.82. The minimum absolute atomic E-state index is 0.0352. The SMILES string of the molecule is NC1(c2nccs2)CCCS(=O)(=O)C1. The molecule has 1 fully saturated rings. The van der Waals surface area contributed by atoms with Crippen LogP contribution in [0.1, 0.15) is 17.8 Å². The fourth-order valence-corrected chi connectivity index (χ4v) is 4.45. The van der Waals surface area contributed by atoms with Crippen LogP contribution in [0, 0.1) is 0 Å². The molecule has 1 saturated heterocycles. The molecule has 2 rings (SSSR count). The zero-order valence-electron chi connectivity index (χ0n) is 7.64. The average molecular weight is 232 g/mol. The molecule has 2 heterocycles. The van der Waals surface area contributed by atoms with E-state index in [0.717, 1.165) is 5.01 Å². The molecule has 0 aliphatic carbocycles. The first-order valence-corrected chi connectivity index (χ1v) is 7.11. The number of nitrogens with two attached hydrogens (primary N) is 1. The molecule has 1 unspecified atom stereocenters. The summed E-state index contributed by atoms with van der Waals surface area (Å²) in [5.41, 5.74) is 5.32. The molecule has 0 spiro atoms. The van der Waals surface area contributed by atoms with Gasteiger partial charge in [-0.3, -0.25) is 0 Å². The fourth-order valence-electron chi connectivity index (χ4n) is 1.78. The van der Waals surface area contributed by atoms with Crippen molar-refractivity contribution >= 4 is 21.2 Å². The molecule has 1 atom stereocenters. The predicted octanol–water partition coefficient (Wildman–Crippen LogP) is 0.506. The lowest BCUT2D eigenvalue weighted by atomic mass is 9.98. The maximum Gasteiger partial charge on any atom is 0.152 e. The van der Waals surface area contributed by atoms with Crippen molar-refractivity contribution in [3.8, 4) is 0 Å². The van der Waals surface area contributed by atoms with Crippen molar-refractivity contribution in [3.63, 3.8) is 0 Å². The van der Waals surface area contributed by atoms with E-state index in [1.54, 1.807) is 6.20 Å². The van der Waals surface area contributed by atoms with Crippen LogP contribution in [0.15, 0.2) is 11.6 Å². The minimum atomic E-state index is -2.97. The van der Waals surface area contributed by atoms with Crippen LogP contribution in [0.5, 0.6) is 0 Å². The van der Waals surface area contributed by atoms with E-state index in [-0.39, 0.29) is 11.5 Å². The van der Waals surface area contributed by atoms with E-state index in [1.165, 1.54) is 11.3 Å². The summed E-state index contributed by atoms with van der Waals surface area (Å²) in [5, 5.41) is 2.56. The van der Waals surface area contributed by atoms with Gasteiger partial charge in [-0.2, -0.15) is 0 Å². The summed E-state index contributed by atoms with van der Waals surface area (Å²) in [6, 6.07) is 0. The molecule has 14 heavy (non-hydrogen) atoms. The third-order valence-electron chi connectivity index (χ3n) is 2.41. The van der Waals surface area contributed by atoms with E-state index in [0.29, 0.717) is 12.8 Å². The summed E-state index contributed by atoms with van der Waals surface area (Å²) in [5.74, 6) is 0.296. The van der Waals surface area contributed by atoms with E-state index in [9.17, 15) is 8.42 Å². The standard InChI is InChI=1S/C8H12N2O2S2/c9-8(7-10-3-4-13-7)2-1-5-14(11,12)6-8/h3-4H,1-2,5-6,9H2. The monoisotopic (exact) mass is 232 g/mol. The van der Waals surface area contributed by atoms with Crippen molar-refractivity contribution in [1.82, 2.24) is 4.98 Å². The molecule has 1 aromatic heterocycles. The number of hydrogen-bond donors (Lipinski definition) is 1. The second-order valence-corrected chi connectivity index (χ2v) is 6.77. The molecule has 0 radical (unpaired) electrons. The highest BCUT2D eigenvalue weighted by Gasteiger charge is 2.38. The van der Waals surface area contributed by atoms with Gasteiger partial charge in [0.05, 0.1) is 17.0 Å². The summed E-state index contributed by atoms with van der Waals surface area (Å²) < 4.78 is 22.9. The lowest BCUT2D eigenvalue weighted by Gasteiger charge is -2.30. The van der Waals surface area contributed by atoms with Crippen molar-refractivity contribution in [2.75, 3.05) is 11.5 Å². The Labute approximate surface area is 87.1 Å². The Morgan fingerprint density at radius 1 is 1.57 bits per heavy atom. The van der Waals surface area contributed by atoms with Crippen LogP contribution >= 0.6 is 11.3 Å². The number of nitrogens with zero attached hydrogens (tertiary/aromatic N) is 1. The van der Waals surface area contributed by atoms with Crippen LogP contribution in [0.3, 0.4) is 0 Å². The van der Waals surface area contributed by atoms with Crippen LogP contribution in [0.4, 0.5) is 0 Å². The second kappa shape index (κ2) is 3.29. The molecule has 1 aromatic rings. The van der Waals surface area contributed by atoms with Gasteiger partial charge in [-0.15, -0.1) is 11.3 Å². The largest absolute Gasteiger partial charge is 0.319 e. The lowest BCUT2D eigenvalue weighted by Crippen LogP contribution is -2.47. The molecule has 1 aliphatic rings. The summed E-state index contributed by atoms with van der Waals surface area (Å²) in [6.45, 7) is 0. The number of thiazole rings is 1. The van der Waals surface area contributed by atoms with Gasteiger partial charge >= 0.3 is 0 Å². The van der Waals surface area contributed by atoms with Crippen molar-refractivity contribution in [2.45, 2.75) is 18.4 Å². The molecule has 2 N–H and O–H groups in total. The zero-order chi connectivity index (χ0) is 10.2. The molecular formula is C8H12N2O2S2. The Hall–Kier alpha value is -0.460. The van der Waals surface area contributed by atoms with Gasteiger partial charge in [-0.25, -0.2) is 13.4 Å². The maximum atomic E-state index is 11.5. The molecule has 1 aliphatic heterocycles. The topological polar surface area (TPSA) is 73.0 Å². The van der Waals surface area contributed by atoms with Gasteiger partial charge in [0.1, 0.15) is 5.01 Å². The number of sulfone groups is 1. The van der Waals surface area contributed by atoms with Crippen molar-refractivity contribution < 1.29 is 8.42 Å². The Bertz CT molecular complexity index is 413. The normalized spacial score (nSPS) is 31.5. The Balaban J connectivity index is 2.33. The molecular weight excluding hydrogens is 220 g/mol. The number of rotatable bonds is 1. The number of hydrogen-bond acceptors (Lipinski definition) is 5. The van der Waals surface area contributed by atoms with Crippen molar-refractivity contribution in [3.05, 3.63) is 16.6 Å². The smallest absolute Gasteiger partial charge is 0.152 e. The van der Waals surface area contributed by atoms with Gasteiger partial charge in [-0.1, -0.05) is 0 Å². The molecule has 0 amide bonds. The fraction of sp³-hybridized carbons (Fsp3) is 0.625. The van der Waals surface area contributed by atoms with E-state index in [4.69, 9.17) is 5.73 Å². The Morgan fingerprint density at radius 2 is 2.36 bits per heavy atom. The Kier molecular flexibility index (Phi) is 2.36. The van der Waals surface area contributed by atoms with Gasteiger partial charge in [0.15, 0.2) is 9.84 Å². The molecule has 6 heteroatoms. The molecule has 0 aromatic carbocycles. The van der Waals surface area contributed by atoms with Crippen LogP contribution in [-0.4, -0.2) is 24.9 Å². The van der Waals surface area contributed by atoms with E-state index in [1.807, 2.05) is 5.38 Å². The van der Waals surface area contributed by atoms with Crippen LogP contribution < -0.4 is 5.73 Å². The van der Waals surface area contributed by atoms with Crippen molar-refractivity contribution in [2.24, 2.45) is 5.73 Å². The van der Waals surface area contributed by atoms with Crippen molar-refractivity contribution in [1.29, 1.82) is 0 Å². The van der Waals surface area contributed by atoms with E-state index < -0.39 is 15.4 Å². The van der Waals surface area contributed by atoms with Gasteiger partial charge in [0, 0.05) is 11.6 Å². The predicted molar refractivity (Wildman–Crippen MR) is 55.9 cm³/mol. The highest BCUT2D eigenvalue weighted by Crippen LogP contribution is 2.31. The minimum Gasteiger partial charge on any atom is -0.319 e. The summed E-state index contributed by atoms with van der Waals surface area (Å²) >= 11 is 1.43. The molecule has 4 nitrogen and oxygen atoms in total. The first kappa shape index (κ1) is 10.1. The average Bonchev–Trinajstić information content (AvgIpc) is 2.52. The lowest BCUT2D eigenvalue weighted by molar-refractivity contribution is 0.422. The van der Waals surface area contributed by atoms with Gasteiger partial charge < -0.3 is 5.73 Å². The van der Waals surface area contributed by atoms with E-state index >= 15 is 0 Å². The van der Waals surface area contributed by atoms with Crippen LogP contribution in [-0.2, 0) is 15.4 Å². The Morgan fingerprint density at radius 3 is 2.93 bits per heavy atom.